The molecule has 2 N–H and O–H groups in total. The quantitative estimate of drug-likeness (QED) is 0.276. The SMILES string of the molecule is C[C@@H](COc1ccnc2c1[C@H](C)CCC2)CC1Cc2ccc(F)cc2C12CCC(Nc1cccc(Cl)c1)(C(=O)O)CC2. The van der Waals surface area contributed by atoms with E-state index in [1.165, 1.54) is 23.2 Å². The van der Waals surface area contributed by atoms with Gasteiger partial charge in [0, 0.05) is 28.2 Å². The van der Waals surface area contributed by atoms with E-state index < -0.39 is 11.5 Å². The first-order valence-electron chi connectivity index (χ1n) is 15.4. The van der Waals surface area contributed by atoms with E-state index in [9.17, 15) is 14.3 Å². The first kappa shape index (κ1) is 29.0. The minimum Gasteiger partial charge on any atom is -0.493 e. The van der Waals surface area contributed by atoms with Gasteiger partial charge in [0.15, 0.2) is 0 Å². The summed E-state index contributed by atoms with van der Waals surface area (Å²) in [5.41, 5.74) is 4.04. The van der Waals surface area contributed by atoms with Crippen LogP contribution in [0.25, 0.3) is 0 Å². The lowest BCUT2D eigenvalue weighted by atomic mass is 9.59. The summed E-state index contributed by atoms with van der Waals surface area (Å²) in [5.74, 6) is 0.895. The van der Waals surface area contributed by atoms with E-state index in [2.05, 4.69) is 24.1 Å². The fourth-order valence-electron chi connectivity index (χ4n) is 8.07. The summed E-state index contributed by atoms with van der Waals surface area (Å²) in [4.78, 5) is 17.3. The molecule has 3 aliphatic rings. The molecule has 0 saturated heterocycles. The topological polar surface area (TPSA) is 71.5 Å². The largest absolute Gasteiger partial charge is 0.493 e. The number of carboxylic acids is 1. The van der Waals surface area contributed by atoms with Crippen molar-refractivity contribution >= 4 is 23.3 Å². The van der Waals surface area contributed by atoms with Gasteiger partial charge in [-0.25, -0.2) is 9.18 Å². The molecule has 1 heterocycles. The van der Waals surface area contributed by atoms with Crippen LogP contribution in [0.4, 0.5) is 10.1 Å². The Morgan fingerprint density at radius 1 is 1.19 bits per heavy atom. The Morgan fingerprint density at radius 2 is 2.00 bits per heavy atom. The number of fused-ring (bicyclic) bond motifs is 3. The molecule has 6 rings (SSSR count). The highest BCUT2D eigenvalue weighted by Crippen LogP contribution is 2.56. The van der Waals surface area contributed by atoms with Gasteiger partial charge in [-0.1, -0.05) is 37.6 Å². The molecular formula is C35H40ClFN2O3. The van der Waals surface area contributed by atoms with Crippen molar-refractivity contribution in [2.75, 3.05) is 11.9 Å². The van der Waals surface area contributed by atoms with E-state index in [1.54, 1.807) is 24.3 Å². The molecule has 3 aliphatic carbocycles. The van der Waals surface area contributed by atoms with Crippen molar-refractivity contribution in [1.29, 1.82) is 0 Å². The molecule has 0 bridgehead atoms. The Kier molecular flexibility index (Phi) is 7.95. The van der Waals surface area contributed by atoms with Crippen LogP contribution in [-0.4, -0.2) is 28.2 Å². The lowest BCUT2D eigenvalue weighted by Crippen LogP contribution is -2.53. The number of carbonyl (C=O) groups is 1. The molecule has 7 heteroatoms. The Balaban J connectivity index is 1.21. The molecule has 1 unspecified atom stereocenters. The summed E-state index contributed by atoms with van der Waals surface area (Å²) in [5, 5.41) is 14.3. The Bertz CT molecular complexity index is 1470. The Morgan fingerprint density at radius 3 is 2.76 bits per heavy atom. The van der Waals surface area contributed by atoms with E-state index in [0.717, 1.165) is 37.0 Å². The fraction of sp³-hybridized carbons (Fsp3) is 0.486. The number of nitrogens with zero attached hydrogens (tertiary/aromatic N) is 1. The molecular weight excluding hydrogens is 551 g/mol. The van der Waals surface area contributed by atoms with Gasteiger partial charge in [-0.2, -0.15) is 0 Å². The van der Waals surface area contributed by atoms with Crippen molar-refractivity contribution in [3.8, 4) is 5.75 Å². The predicted octanol–water partition coefficient (Wildman–Crippen LogP) is 8.34. The zero-order valence-corrected chi connectivity index (χ0v) is 25.2. The summed E-state index contributed by atoms with van der Waals surface area (Å²) in [6.07, 6.45) is 9.27. The Labute approximate surface area is 252 Å². The van der Waals surface area contributed by atoms with Crippen molar-refractivity contribution in [2.45, 2.75) is 88.5 Å². The molecule has 1 aromatic heterocycles. The highest BCUT2D eigenvalue weighted by Gasteiger charge is 2.54. The van der Waals surface area contributed by atoms with Crippen LogP contribution in [0.3, 0.4) is 0 Å². The number of benzene rings is 2. The van der Waals surface area contributed by atoms with Crippen molar-refractivity contribution in [1.82, 2.24) is 4.98 Å². The minimum atomic E-state index is -1.09. The third-order valence-corrected chi connectivity index (χ3v) is 10.5. The van der Waals surface area contributed by atoms with Gasteiger partial charge in [-0.15, -0.1) is 0 Å². The average molecular weight is 591 g/mol. The maximum Gasteiger partial charge on any atom is 0.329 e. The first-order chi connectivity index (χ1) is 20.2. The van der Waals surface area contributed by atoms with Gasteiger partial charge in [0.25, 0.3) is 0 Å². The van der Waals surface area contributed by atoms with Gasteiger partial charge in [-0.05, 0) is 128 Å². The molecule has 3 aromatic rings. The van der Waals surface area contributed by atoms with Crippen LogP contribution >= 0.6 is 11.6 Å². The van der Waals surface area contributed by atoms with Gasteiger partial charge < -0.3 is 15.2 Å². The standard InChI is InChI=1S/C35H40ClFN2O3/c1-22(21-42-31-11-16-38-30-8-3-5-23(2)32(30)31)17-25-18-24-9-10-27(37)20-29(24)34(25)12-14-35(15-13-34,33(40)41)39-28-7-4-6-26(36)19-28/h4,6-7,9-11,16,19-20,22-23,25,39H,3,5,8,12-15,17-18,21H2,1-2H3,(H,40,41)/t22-,23-,25?,34?,35?/m1/s1. The van der Waals surface area contributed by atoms with E-state index in [-0.39, 0.29) is 23.1 Å². The van der Waals surface area contributed by atoms with Crippen molar-refractivity contribution in [3.63, 3.8) is 0 Å². The highest BCUT2D eigenvalue weighted by atomic mass is 35.5. The number of hydrogen-bond donors (Lipinski definition) is 2. The molecule has 5 nitrogen and oxygen atoms in total. The van der Waals surface area contributed by atoms with Gasteiger partial charge in [0.05, 0.1) is 6.61 Å². The van der Waals surface area contributed by atoms with Crippen LogP contribution in [0.5, 0.6) is 5.75 Å². The molecule has 1 spiro atoms. The summed E-state index contributed by atoms with van der Waals surface area (Å²) >= 11 is 6.20. The van der Waals surface area contributed by atoms with Crippen LogP contribution < -0.4 is 10.1 Å². The number of nitrogens with one attached hydrogen (secondary N) is 1. The molecule has 2 aromatic carbocycles. The van der Waals surface area contributed by atoms with E-state index >= 15 is 0 Å². The fourth-order valence-corrected chi connectivity index (χ4v) is 8.26. The lowest BCUT2D eigenvalue weighted by Gasteiger charge is -2.47. The van der Waals surface area contributed by atoms with Crippen LogP contribution in [0.1, 0.15) is 87.1 Å². The van der Waals surface area contributed by atoms with Crippen LogP contribution in [0.15, 0.2) is 54.7 Å². The first-order valence-corrected chi connectivity index (χ1v) is 15.7. The third-order valence-electron chi connectivity index (χ3n) is 10.3. The smallest absolute Gasteiger partial charge is 0.329 e. The molecule has 0 aliphatic heterocycles. The molecule has 3 atom stereocenters. The van der Waals surface area contributed by atoms with Crippen LogP contribution in [0, 0.1) is 17.7 Å². The van der Waals surface area contributed by atoms with Gasteiger partial charge in [0.2, 0.25) is 0 Å². The second-order valence-corrected chi connectivity index (χ2v) is 13.4. The van der Waals surface area contributed by atoms with Crippen molar-refractivity contribution in [2.24, 2.45) is 11.8 Å². The number of anilines is 1. The van der Waals surface area contributed by atoms with Crippen LogP contribution in [-0.2, 0) is 23.1 Å². The van der Waals surface area contributed by atoms with Gasteiger partial charge in [0.1, 0.15) is 17.1 Å². The number of halogens is 2. The predicted molar refractivity (Wildman–Crippen MR) is 164 cm³/mol. The summed E-state index contributed by atoms with van der Waals surface area (Å²) in [6, 6.07) is 14.4. The number of aromatic nitrogens is 1. The molecule has 0 amide bonds. The number of aryl methyl sites for hydroxylation is 1. The van der Waals surface area contributed by atoms with E-state index in [4.69, 9.17) is 16.3 Å². The van der Waals surface area contributed by atoms with Gasteiger partial charge in [-0.3, -0.25) is 4.98 Å². The zero-order chi connectivity index (χ0) is 29.5. The number of carboxylic acid groups (broad SMARTS) is 1. The minimum absolute atomic E-state index is 0.228. The average Bonchev–Trinajstić information content (AvgIpc) is 3.24. The lowest BCUT2D eigenvalue weighted by molar-refractivity contribution is -0.144. The number of hydrogen-bond acceptors (Lipinski definition) is 4. The number of pyridine rings is 1. The molecule has 42 heavy (non-hydrogen) atoms. The summed E-state index contributed by atoms with van der Waals surface area (Å²) in [6.45, 7) is 5.10. The second-order valence-electron chi connectivity index (χ2n) is 13.0. The molecule has 1 fully saturated rings. The molecule has 222 valence electrons. The maximum atomic E-state index is 14.6. The Hall–Kier alpha value is -3.12. The van der Waals surface area contributed by atoms with Gasteiger partial charge >= 0.3 is 5.97 Å². The molecule has 1 saturated carbocycles. The second kappa shape index (κ2) is 11.5. The van der Waals surface area contributed by atoms with Crippen LogP contribution in [0.2, 0.25) is 5.02 Å². The monoisotopic (exact) mass is 590 g/mol. The number of rotatable bonds is 8. The van der Waals surface area contributed by atoms with Crippen molar-refractivity contribution in [3.05, 3.63) is 88.0 Å². The number of ether oxygens (including phenoxy) is 1. The number of aliphatic carboxylic acids is 1. The van der Waals surface area contributed by atoms with Crippen molar-refractivity contribution < 1.29 is 19.0 Å². The maximum absolute atomic E-state index is 14.6. The third kappa shape index (κ3) is 5.39. The normalized spacial score (nSPS) is 27.2. The zero-order valence-electron chi connectivity index (χ0n) is 24.5. The van der Waals surface area contributed by atoms with E-state index in [1.807, 2.05) is 30.5 Å². The summed E-state index contributed by atoms with van der Waals surface area (Å²) in [7, 11) is 0. The molecule has 0 radical (unpaired) electrons. The summed E-state index contributed by atoms with van der Waals surface area (Å²) < 4.78 is 21.1. The highest BCUT2D eigenvalue weighted by molar-refractivity contribution is 6.30. The van der Waals surface area contributed by atoms with E-state index in [0.29, 0.717) is 48.9 Å².